The average molecular weight is 230 g/mol. The Morgan fingerprint density at radius 1 is 0.938 bits per heavy atom. The minimum absolute atomic E-state index is 0.231. The summed E-state index contributed by atoms with van der Waals surface area (Å²) in [7, 11) is 3.60. The van der Waals surface area contributed by atoms with Crippen LogP contribution in [-0.2, 0) is 9.47 Å². The minimum Gasteiger partial charge on any atom is -0.384 e. The van der Waals surface area contributed by atoms with E-state index in [1.165, 1.54) is 32.1 Å². The first-order valence-electron chi connectivity index (χ1n) is 6.65. The molecule has 0 heterocycles. The van der Waals surface area contributed by atoms with Gasteiger partial charge in [-0.3, -0.25) is 0 Å². The van der Waals surface area contributed by atoms with Gasteiger partial charge < -0.3 is 9.47 Å². The Bertz CT molecular complexity index is 136. The summed E-state index contributed by atoms with van der Waals surface area (Å²) in [5, 5.41) is 0. The monoisotopic (exact) mass is 230 g/mol. The van der Waals surface area contributed by atoms with E-state index in [-0.39, 0.29) is 5.41 Å². The van der Waals surface area contributed by atoms with Crippen LogP contribution in [0, 0.1) is 11.3 Å². The first-order valence-corrected chi connectivity index (χ1v) is 6.65. The van der Waals surface area contributed by atoms with Crippen LogP contribution < -0.4 is 0 Å². The quantitative estimate of drug-likeness (QED) is 0.567. The molecule has 16 heavy (non-hydrogen) atoms. The molecule has 0 rings (SSSR count). The highest BCUT2D eigenvalue weighted by atomic mass is 16.5. The highest BCUT2D eigenvalue weighted by Crippen LogP contribution is 2.35. The molecule has 0 aliphatic heterocycles. The number of methoxy groups -OCH3 is 2. The van der Waals surface area contributed by atoms with Crippen LogP contribution in [0.25, 0.3) is 0 Å². The summed E-state index contributed by atoms with van der Waals surface area (Å²) in [6, 6.07) is 0. The predicted molar refractivity (Wildman–Crippen MR) is 69.8 cm³/mol. The van der Waals surface area contributed by atoms with Crippen molar-refractivity contribution >= 4 is 0 Å². The van der Waals surface area contributed by atoms with Crippen molar-refractivity contribution in [3.63, 3.8) is 0 Å². The molecule has 0 spiro atoms. The standard InChI is InChI=1S/C14H30O2/c1-6-9-14(11-15-4,12-16-5)10-13(7-2)8-3/h13H,6-12H2,1-5H3. The fourth-order valence-corrected chi connectivity index (χ4v) is 2.74. The molecular weight excluding hydrogens is 200 g/mol. The van der Waals surface area contributed by atoms with Crippen molar-refractivity contribution in [2.75, 3.05) is 27.4 Å². The van der Waals surface area contributed by atoms with Gasteiger partial charge in [0.2, 0.25) is 0 Å². The van der Waals surface area contributed by atoms with Gasteiger partial charge in [0.15, 0.2) is 0 Å². The van der Waals surface area contributed by atoms with Crippen molar-refractivity contribution in [1.82, 2.24) is 0 Å². The van der Waals surface area contributed by atoms with Crippen molar-refractivity contribution < 1.29 is 9.47 Å². The number of hydrogen-bond acceptors (Lipinski definition) is 2. The van der Waals surface area contributed by atoms with Gasteiger partial charge in [0, 0.05) is 19.6 Å². The van der Waals surface area contributed by atoms with Gasteiger partial charge in [0.1, 0.15) is 0 Å². The third-order valence-corrected chi connectivity index (χ3v) is 3.56. The Morgan fingerprint density at radius 2 is 1.44 bits per heavy atom. The topological polar surface area (TPSA) is 18.5 Å². The van der Waals surface area contributed by atoms with E-state index in [1.807, 2.05) is 0 Å². The molecule has 98 valence electrons. The van der Waals surface area contributed by atoms with Crippen LogP contribution in [0.1, 0.15) is 52.9 Å². The zero-order valence-corrected chi connectivity index (χ0v) is 11.8. The van der Waals surface area contributed by atoms with Crippen molar-refractivity contribution in [3.05, 3.63) is 0 Å². The third kappa shape index (κ3) is 5.31. The van der Waals surface area contributed by atoms with E-state index >= 15 is 0 Å². The second kappa shape index (κ2) is 9.00. The molecule has 0 aliphatic rings. The van der Waals surface area contributed by atoms with Crippen molar-refractivity contribution in [2.24, 2.45) is 11.3 Å². The van der Waals surface area contributed by atoms with E-state index in [2.05, 4.69) is 20.8 Å². The van der Waals surface area contributed by atoms with Crippen LogP contribution in [0.4, 0.5) is 0 Å². The normalized spacial score (nSPS) is 12.4. The molecule has 0 saturated heterocycles. The molecule has 0 bridgehead atoms. The molecule has 0 unspecified atom stereocenters. The van der Waals surface area contributed by atoms with Crippen LogP contribution in [-0.4, -0.2) is 27.4 Å². The lowest BCUT2D eigenvalue weighted by Crippen LogP contribution is -2.34. The number of rotatable bonds is 10. The van der Waals surface area contributed by atoms with E-state index < -0.39 is 0 Å². The Kier molecular flexibility index (Phi) is 8.96. The molecule has 0 aromatic rings. The lowest BCUT2D eigenvalue weighted by atomic mass is 9.75. The molecule has 0 aromatic heterocycles. The summed E-state index contributed by atoms with van der Waals surface area (Å²) in [4.78, 5) is 0. The van der Waals surface area contributed by atoms with Crippen molar-refractivity contribution in [2.45, 2.75) is 52.9 Å². The van der Waals surface area contributed by atoms with Gasteiger partial charge in [0.05, 0.1) is 13.2 Å². The molecule has 0 N–H and O–H groups in total. The van der Waals surface area contributed by atoms with Gasteiger partial charge in [-0.2, -0.15) is 0 Å². The van der Waals surface area contributed by atoms with E-state index in [1.54, 1.807) is 14.2 Å². The van der Waals surface area contributed by atoms with Crippen molar-refractivity contribution in [1.29, 1.82) is 0 Å². The predicted octanol–water partition coefficient (Wildman–Crippen LogP) is 3.89. The summed E-state index contributed by atoms with van der Waals surface area (Å²) in [5.41, 5.74) is 0.231. The average Bonchev–Trinajstić information content (AvgIpc) is 2.27. The first-order chi connectivity index (χ1) is 7.67. The number of ether oxygens (including phenoxy) is 2. The molecular formula is C14H30O2. The van der Waals surface area contributed by atoms with Crippen molar-refractivity contribution in [3.8, 4) is 0 Å². The van der Waals surface area contributed by atoms with Gasteiger partial charge >= 0.3 is 0 Å². The highest BCUT2D eigenvalue weighted by molar-refractivity contribution is 4.81. The zero-order valence-electron chi connectivity index (χ0n) is 11.8. The van der Waals surface area contributed by atoms with Gasteiger partial charge in [-0.1, -0.05) is 40.0 Å². The van der Waals surface area contributed by atoms with Crippen LogP contribution in [0.3, 0.4) is 0 Å². The summed E-state index contributed by atoms with van der Waals surface area (Å²) < 4.78 is 10.8. The maximum Gasteiger partial charge on any atom is 0.0540 e. The molecule has 0 saturated carbocycles. The zero-order chi connectivity index (χ0) is 12.4. The van der Waals surface area contributed by atoms with Crippen LogP contribution in [0.2, 0.25) is 0 Å². The number of hydrogen-bond donors (Lipinski definition) is 0. The van der Waals surface area contributed by atoms with Gasteiger partial charge in [-0.15, -0.1) is 0 Å². The molecule has 2 nitrogen and oxygen atoms in total. The first kappa shape index (κ1) is 15.9. The second-order valence-corrected chi connectivity index (χ2v) is 5.00. The van der Waals surface area contributed by atoms with E-state index in [0.717, 1.165) is 19.1 Å². The molecule has 0 atom stereocenters. The Balaban J connectivity index is 4.56. The Hall–Kier alpha value is -0.0800. The minimum atomic E-state index is 0.231. The smallest absolute Gasteiger partial charge is 0.0540 e. The maximum absolute atomic E-state index is 5.42. The van der Waals surface area contributed by atoms with Crippen LogP contribution in [0.15, 0.2) is 0 Å². The summed E-state index contributed by atoms with van der Waals surface area (Å²) in [6.07, 6.45) is 6.15. The van der Waals surface area contributed by atoms with Crippen LogP contribution >= 0.6 is 0 Å². The fraction of sp³-hybridized carbons (Fsp3) is 1.00. The molecule has 0 aliphatic carbocycles. The molecule has 2 heteroatoms. The van der Waals surface area contributed by atoms with Gasteiger partial charge in [-0.05, 0) is 18.8 Å². The van der Waals surface area contributed by atoms with E-state index in [9.17, 15) is 0 Å². The van der Waals surface area contributed by atoms with E-state index in [4.69, 9.17) is 9.47 Å². The maximum atomic E-state index is 5.42. The lowest BCUT2D eigenvalue weighted by Gasteiger charge is -2.35. The second-order valence-electron chi connectivity index (χ2n) is 5.00. The summed E-state index contributed by atoms with van der Waals surface area (Å²) >= 11 is 0. The van der Waals surface area contributed by atoms with Gasteiger partial charge in [-0.25, -0.2) is 0 Å². The SMILES string of the molecule is CCCC(COC)(COC)CC(CC)CC. The molecule has 0 fully saturated rings. The van der Waals surface area contributed by atoms with E-state index in [0.29, 0.717) is 0 Å². The lowest BCUT2D eigenvalue weighted by molar-refractivity contribution is -0.0128. The van der Waals surface area contributed by atoms with Crippen LogP contribution in [0.5, 0.6) is 0 Å². The third-order valence-electron chi connectivity index (χ3n) is 3.56. The largest absolute Gasteiger partial charge is 0.384 e. The van der Waals surface area contributed by atoms with Gasteiger partial charge in [0.25, 0.3) is 0 Å². The molecule has 0 aromatic carbocycles. The molecule has 0 radical (unpaired) electrons. The highest BCUT2D eigenvalue weighted by Gasteiger charge is 2.31. The summed E-state index contributed by atoms with van der Waals surface area (Å²) in [5.74, 6) is 0.803. The Morgan fingerprint density at radius 3 is 1.75 bits per heavy atom. The Labute approximate surface area is 102 Å². The fourth-order valence-electron chi connectivity index (χ4n) is 2.74. The summed E-state index contributed by atoms with van der Waals surface area (Å²) in [6.45, 7) is 8.46. The molecule has 0 amide bonds.